The minimum atomic E-state index is 0.463. The van der Waals surface area contributed by atoms with E-state index in [1.807, 2.05) is 0 Å². The predicted octanol–water partition coefficient (Wildman–Crippen LogP) is 3.29. The molecule has 1 rings (SSSR count). The van der Waals surface area contributed by atoms with Gasteiger partial charge in [-0.3, -0.25) is 0 Å². The number of nitrogens with one attached hydrogen (secondary N) is 1. The van der Waals surface area contributed by atoms with Crippen molar-refractivity contribution in [2.75, 3.05) is 6.54 Å². The van der Waals surface area contributed by atoms with Crippen LogP contribution in [0.3, 0.4) is 0 Å². The van der Waals surface area contributed by atoms with E-state index in [1.54, 1.807) is 11.3 Å². The lowest BCUT2D eigenvalue weighted by Gasteiger charge is -2.14. The van der Waals surface area contributed by atoms with E-state index in [4.69, 9.17) is 0 Å². The van der Waals surface area contributed by atoms with Crippen molar-refractivity contribution in [3.63, 3.8) is 0 Å². The fourth-order valence-electron chi connectivity index (χ4n) is 1.55. The molecule has 1 heterocycles. The van der Waals surface area contributed by atoms with Crippen LogP contribution in [0.5, 0.6) is 0 Å². The third kappa shape index (κ3) is 3.39. The molecule has 1 aromatic heterocycles. The summed E-state index contributed by atoms with van der Waals surface area (Å²) in [4.78, 5) is 4.54. The molecule has 0 aromatic carbocycles. The molecule has 1 aromatic rings. The Morgan fingerprint density at radius 3 is 2.79 bits per heavy atom. The molecular weight excluding hydrogens is 192 g/mol. The van der Waals surface area contributed by atoms with Gasteiger partial charge in [0.15, 0.2) is 0 Å². The predicted molar refractivity (Wildman–Crippen MR) is 62.8 cm³/mol. The van der Waals surface area contributed by atoms with E-state index in [9.17, 15) is 0 Å². The second-order valence-electron chi connectivity index (χ2n) is 3.54. The van der Waals surface area contributed by atoms with Crippen LogP contribution in [0.1, 0.15) is 49.9 Å². The Labute approximate surface area is 90.8 Å². The van der Waals surface area contributed by atoms with E-state index in [-0.39, 0.29) is 0 Å². The second kappa shape index (κ2) is 6.14. The Balaban J connectivity index is 2.57. The van der Waals surface area contributed by atoms with Crippen molar-refractivity contribution in [3.8, 4) is 0 Å². The van der Waals surface area contributed by atoms with Crippen LogP contribution in [0.2, 0.25) is 0 Å². The Kier molecular flexibility index (Phi) is 5.12. The van der Waals surface area contributed by atoms with E-state index in [1.165, 1.54) is 30.0 Å². The summed E-state index contributed by atoms with van der Waals surface area (Å²) in [7, 11) is 0. The van der Waals surface area contributed by atoms with E-state index in [0.29, 0.717) is 6.04 Å². The largest absolute Gasteiger partial charge is 0.309 e. The van der Waals surface area contributed by atoms with Crippen molar-refractivity contribution in [2.24, 2.45) is 0 Å². The molecule has 0 radical (unpaired) electrons. The van der Waals surface area contributed by atoms with Crippen LogP contribution in [0.25, 0.3) is 0 Å². The van der Waals surface area contributed by atoms with Gasteiger partial charge in [-0.2, -0.15) is 0 Å². The van der Waals surface area contributed by atoms with Gasteiger partial charge in [-0.15, -0.1) is 11.3 Å². The summed E-state index contributed by atoms with van der Waals surface area (Å²) in [5.74, 6) is 0. The summed E-state index contributed by atoms with van der Waals surface area (Å²) in [6.07, 6.45) is 3.73. The number of hydrogen-bond acceptors (Lipinski definition) is 3. The highest BCUT2D eigenvalue weighted by Crippen LogP contribution is 2.20. The zero-order valence-corrected chi connectivity index (χ0v) is 10.2. The molecule has 0 saturated heterocycles. The zero-order valence-electron chi connectivity index (χ0n) is 9.34. The maximum atomic E-state index is 4.54. The average Bonchev–Trinajstić information content (AvgIpc) is 2.59. The molecule has 0 fully saturated rings. The fourth-order valence-corrected chi connectivity index (χ4v) is 2.22. The van der Waals surface area contributed by atoms with Gasteiger partial charge in [0, 0.05) is 5.38 Å². The Morgan fingerprint density at radius 1 is 1.50 bits per heavy atom. The number of unbranched alkanes of at least 4 members (excludes halogenated alkanes) is 1. The number of aryl methyl sites for hydroxylation is 1. The first-order chi connectivity index (χ1) is 6.77. The van der Waals surface area contributed by atoms with Gasteiger partial charge in [0.1, 0.15) is 0 Å². The van der Waals surface area contributed by atoms with Crippen LogP contribution in [0.15, 0.2) is 5.38 Å². The first-order valence-electron chi connectivity index (χ1n) is 5.43. The average molecular weight is 212 g/mol. The summed E-state index contributed by atoms with van der Waals surface area (Å²) in [6.45, 7) is 7.47. The summed E-state index contributed by atoms with van der Waals surface area (Å²) >= 11 is 1.74. The van der Waals surface area contributed by atoms with Crippen molar-refractivity contribution in [1.29, 1.82) is 0 Å². The fraction of sp³-hybridized carbons (Fsp3) is 0.727. The molecule has 0 spiro atoms. The lowest BCUT2D eigenvalue weighted by atomic mass is 10.1. The zero-order chi connectivity index (χ0) is 10.4. The Bertz CT molecular complexity index is 258. The molecule has 1 N–H and O–H groups in total. The molecular formula is C11H20N2S. The van der Waals surface area contributed by atoms with E-state index >= 15 is 0 Å². The molecule has 0 aliphatic rings. The molecule has 14 heavy (non-hydrogen) atoms. The van der Waals surface area contributed by atoms with Gasteiger partial charge in [0.25, 0.3) is 0 Å². The third-order valence-corrected chi connectivity index (χ3v) is 3.08. The standard InChI is InChI=1S/C11H20N2S/c1-4-6-7-10(12-5-2)11-8-14-9(3)13-11/h8,10,12H,4-7H2,1-3H3. The normalized spacial score (nSPS) is 13.1. The van der Waals surface area contributed by atoms with Gasteiger partial charge < -0.3 is 5.32 Å². The van der Waals surface area contributed by atoms with Gasteiger partial charge in [-0.05, 0) is 19.9 Å². The van der Waals surface area contributed by atoms with Gasteiger partial charge in [0.05, 0.1) is 16.7 Å². The summed E-state index contributed by atoms with van der Waals surface area (Å²) < 4.78 is 0. The molecule has 0 saturated carbocycles. The topological polar surface area (TPSA) is 24.9 Å². The number of nitrogens with zero attached hydrogens (tertiary/aromatic N) is 1. The van der Waals surface area contributed by atoms with E-state index < -0.39 is 0 Å². The molecule has 2 nitrogen and oxygen atoms in total. The molecule has 0 aliphatic heterocycles. The SMILES string of the molecule is CCCCC(NCC)c1csc(C)n1. The summed E-state index contributed by atoms with van der Waals surface area (Å²) in [5, 5.41) is 6.84. The van der Waals surface area contributed by atoms with Crippen LogP contribution in [0.4, 0.5) is 0 Å². The third-order valence-electron chi connectivity index (χ3n) is 2.29. The maximum Gasteiger partial charge on any atom is 0.0898 e. The molecule has 80 valence electrons. The smallest absolute Gasteiger partial charge is 0.0898 e. The number of rotatable bonds is 6. The lowest BCUT2D eigenvalue weighted by Crippen LogP contribution is -2.21. The van der Waals surface area contributed by atoms with Crippen molar-refractivity contribution in [1.82, 2.24) is 10.3 Å². The van der Waals surface area contributed by atoms with E-state index in [0.717, 1.165) is 6.54 Å². The Hall–Kier alpha value is -0.410. The first kappa shape index (κ1) is 11.7. The van der Waals surface area contributed by atoms with Gasteiger partial charge in [0.2, 0.25) is 0 Å². The van der Waals surface area contributed by atoms with Crippen LogP contribution in [-0.4, -0.2) is 11.5 Å². The lowest BCUT2D eigenvalue weighted by molar-refractivity contribution is 0.486. The van der Waals surface area contributed by atoms with Gasteiger partial charge >= 0.3 is 0 Å². The number of aromatic nitrogens is 1. The molecule has 1 unspecified atom stereocenters. The van der Waals surface area contributed by atoms with Gasteiger partial charge in [-0.25, -0.2) is 4.98 Å². The number of hydrogen-bond donors (Lipinski definition) is 1. The van der Waals surface area contributed by atoms with Crippen LogP contribution >= 0.6 is 11.3 Å². The quantitative estimate of drug-likeness (QED) is 0.782. The van der Waals surface area contributed by atoms with Crippen molar-refractivity contribution < 1.29 is 0 Å². The van der Waals surface area contributed by atoms with Crippen molar-refractivity contribution in [3.05, 3.63) is 16.1 Å². The highest BCUT2D eigenvalue weighted by molar-refractivity contribution is 7.09. The van der Waals surface area contributed by atoms with Gasteiger partial charge in [-0.1, -0.05) is 26.7 Å². The summed E-state index contributed by atoms with van der Waals surface area (Å²) in [6, 6.07) is 0.463. The highest BCUT2D eigenvalue weighted by atomic mass is 32.1. The number of thiazole rings is 1. The first-order valence-corrected chi connectivity index (χ1v) is 6.31. The molecule has 3 heteroatoms. The molecule has 0 aliphatic carbocycles. The minimum Gasteiger partial charge on any atom is -0.309 e. The Morgan fingerprint density at radius 2 is 2.29 bits per heavy atom. The minimum absolute atomic E-state index is 0.463. The molecule has 0 amide bonds. The highest BCUT2D eigenvalue weighted by Gasteiger charge is 2.11. The summed E-state index contributed by atoms with van der Waals surface area (Å²) in [5.41, 5.74) is 1.22. The van der Waals surface area contributed by atoms with Crippen molar-refractivity contribution in [2.45, 2.75) is 46.1 Å². The monoisotopic (exact) mass is 212 g/mol. The van der Waals surface area contributed by atoms with E-state index in [2.05, 4.69) is 36.5 Å². The molecule has 0 bridgehead atoms. The maximum absolute atomic E-state index is 4.54. The van der Waals surface area contributed by atoms with Crippen LogP contribution in [0, 0.1) is 6.92 Å². The van der Waals surface area contributed by atoms with Crippen LogP contribution in [-0.2, 0) is 0 Å². The molecule has 1 atom stereocenters. The van der Waals surface area contributed by atoms with Crippen LogP contribution < -0.4 is 5.32 Å². The second-order valence-corrected chi connectivity index (χ2v) is 4.61. The van der Waals surface area contributed by atoms with Crippen molar-refractivity contribution >= 4 is 11.3 Å².